The van der Waals surface area contributed by atoms with Gasteiger partial charge in [-0.05, 0) is 98.5 Å². The summed E-state index contributed by atoms with van der Waals surface area (Å²) in [5.74, 6) is 13.9. The predicted octanol–water partition coefficient (Wildman–Crippen LogP) is 7.42. The van der Waals surface area contributed by atoms with Crippen LogP contribution >= 0.6 is 0 Å². The van der Waals surface area contributed by atoms with Crippen molar-refractivity contribution in [2.45, 2.75) is 33.9 Å². The standard InChI is InChI=1S/C22H19N3O2.C20H17N3O/c1-4-25-21(12-7-16-5-8-17(9-6-16)24-15(2)26)20(14-23)19-11-10-18(27-3)13-22(19)25;1-3-23-19(11-6-14-4-7-15(22)8-5-14)18(13-21)17-10-9-16(24-2)12-20(17)23/h5-6,8-11,13H,4H2,1-3H3,(H,24,26);4-5,7-10,12H,3,22H2,1-2H3. The zero-order valence-corrected chi connectivity index (χ0v) is 29.1. The average molecular weight is 673 g/mol. The lowest BCUT2D eigenvalue weighted by molar-refractivity contribution is -0.114. The van der Waals surface area contributed by atoms with Crippen molar-refractivity contribution in [2.24, 2.45) is 0 Å². The van der Waals surface area contributed by atoms with Crippen LogP contribution in [0.4, 0.5) is 11.4 Å². The lowest BCUT2D eigenvalue weighted by Crippen LogP contribution is -2.05. The molecule has 1 amide bonds. The molecule has 9 heteroatoms. The number of nitrogen functional groups attached to an aromatic ring is 1. The van der Waals surface area contributed by atoms with E-state index >= 15 is 0 Å². The number of ether oxygens (including phenoxy) is 2. The molecule has 0 aliphatic heterocycles. The summed E-state index contributed by atoms with van der Waals surface area (Å²) >= 11 is 0. The van der Waals surface area contributed by atoms with Gasteiger partial charge in [-0.25, -0.2) is 0 Å². The van der Waals surface area contributed by atoms with Gasteiger partial charge < -0.3 is 29.7 Å². The Balaban J connectivity index is 0.000000199. The second kappa shape index (κ2) is 15.9. The molecule has 3 N–H and O–H groups in total. The van der Waals surface area contributed by atoms with Gasteiger partial charge in [0.15, 0.2) is 0 Å². The fraction of sp³-hybridized carbons (Fsp3) is 0.167. The number of amides is 1. The Morgan fingerprint density at radius 3 is 1.49 bits per heavy atom. The largest absolute Gasteiger partial charge is 0.497 e. The van der Waals surface area contributed by atoms with Crippen molar-refractivity contribution in [1.82, 2.24) is 9.13 Å². The highest BCUT2D eigenvalue weighted by Gasteiger charge is 2.17. The summed E-state index contributed by atoms with van der Waals surface area (Å²) in [4.78, 5) is 11.1. The summed E-state index contributed by atoms with van der Waals surface area (Å²) in [5.41, 5.74) is 13.2. The molecule has 0 saturated carbocycles. The molecule has 0 fully saturated rings. The van der Waals surface area contributed by atoms with Crippen LogP contribution in [0.2, 0.25) is 0 Å². The molecule has 4 aromatic carbocycles. The van der Waals surface area contributed by atoms with Gasteiger partial charge >= 0.3 is 0 Å². The van der Waals surface area contributed by atoms with E-state index in [1.807, 2.05) is 95.8 Å². The molecule has 0 aliphatic carbocycles. The molecule has 0 atom stereocenters. The van der Waals surface area contributed by atoms with Gasteiger partial charge in [-0.15, -0.1) is 0 Å². The van der Waals surface area contributed by atoms with E-state index in [-0.39, 0.29) is 5.91 Å². The molecule has 6 rings (SSSR count). The van der Waals surface area contributed by atoms with Crippen LogP contribution in [0.3, 0.4) is 0 Å². The van der Waals surface area contributed by atoms with E-state index < -0.39 is 0 Å². The van der Waals surface area contributed by atoms with Crippen LogP contribution < -0.4 is 20.5 Å². The third-order valence-corrected chi connectivity index (χ3v) is 8.17. The quantitative estimate of drug-likeness (QED) is 0.145. The Hall–Kier alpha value is -7.07. The highest BCUT2D eigenvalue weighted by molar-refractivity contribution is 5.92. The molecule has 252 valence electrons. The van der Waals surface area contributed by atoms with Gasteiger partial charge in [0.05, 0.1) is 36.4 Å². The van der Waals surface area contributed by atoms with Crippen molar-refractivity contribution in [1.29, 1.82) is 10.5 Å². The van der Waals surface area contributed by atoms with Crippen molar-refractivity contribution in [3.63, 3.8) is 0 Å². The van der Waals surface area contributed by atoms with E-state index in [2.05, 4.69) is 41.1 Å². The number of fused-ring (bicyclic) bond motifs is 2. The molecule has 0 bridgehead atoms. The maximum atomic E-state index is 11.1. The number of nitrogens with zero attached hydrogens (tertiary/aromatic N) is 4. The van der Waals surface area contributed by atoms with E-state index in [1.54, 1.807) is 26.4 Å². The van der Waals surface area contributed by atoms with Gasteiger partial charge in [0, 0.05) is 65.4 Å². The van der Waals surface area contributed by atoms with Gasteiger partial charge in [0.2, 0.25) is 5.91 Å². The van der Waals surface area contributed by atoms with E-state index in [1.165, 1.54) is 6.92 Å². The number of rotatable bonds is 5. The van der Waals surface area contributed by atoms with Gasteiger partial charge in [0.1, 0.15) is 35.0 Å². The van der Waals surface area contributed by atoms with Crippen molar-refractivity contribution >= 4 is 39.1 Å². The number of aromatic nitrogens is 2. The second-order valence-electron chi connectivity index (χ2n) is 11.3. The van der Waals surface area contributed by atoms with E-state index in [4.69, 9.17) is 15.2 Å². The third-order valence-electron chi connectivity index (χ3n) is 8.17. The molecule has 0 aliphatic rings. The highest BCUT2D eigenvalue weighted by atomic mass is 16.5. The number of benzene rings is 4. The lowest BCUT2D eigenvalue weighted by atomic mass is 10.1. The van der Waals surface area contributed by atoms with Gasteiger partial charge in [0.25, 0.3) is 0 Å². The van der Waals surface area contributed by atoms with Crippen LogP contribution in [-0.2, 0) is 17.9 Å². The Morgan fingerprint density at radius 2 is 1.12 bits per heavy atom. The highest BCUT2D eigenvalue weighted by Crippen LogP contribution is 2.30. The number of nitriles is 2. The van der Waals surface area contributed by atoms with Crippen LogP contribution in [0.1, 0.15) is 54.4 Å². The van der Waals surface area contributed by atoms with Gasteiger partial charge in [-0.3, -0.25) is 4.79 Å². The molecule has 0 radical (unpaired) electrons. The zero-order chi connectivity index (χ0) is 36.5. The monoisotopic (exact) mass is 672 g/mol. The number of nitrogens with two attached hydrogens (primary N) is 1. The van der Waals surface area contributed by atoms with Crippen LogP contribution in [-0.4, -0.2) is 29.3 Å². The minimum atomic E-state index is -0.115. The van der Waals surface area contributed by atoms with Crippen molar-refractivity contribution in [3.05, 3.63) is 119 Å². The minimum absolute atomic E-state index is 0.115. The molecule has 0 unspecified atom stereocenters. The number of carbonyl (C=O) groups excluding carboxylic acids is 1. The Kier molecular flexibility index (Phi) is 11.0. The number of hydrogen-bond donors (Lipinski definition) is 2. The first-order chi connectivity index (χ1) is 24.7. The Morgan fingerprint density at radius 1 is 0.686 bits per heavy atom. The number of anilines is 2. The maximum Gasteiger partial charge on any atom is 0.221 e. The zero-order valence-electron chi connectivity index (χ0n) is 29.1. The van der Waals surface area contributed by atoms with E-state index in [9.17, 15) is 15.3 Å². The summed E-state index contributed by atoms with van der Waals surface area (Å²) in [7, 11) is 3.25. The molecular formula is C42H36N6O3. The minimum Gasteiger partial charge on any atom is -0.497 e. The molecule has 0 spiro atoms. The number of methoxy groups -OCH3 is 2. The molecule has 9 nitrogen and oxygen atoms in total. The maximum absolute atomic E-state index is 11.1. The fourth-order valence-electron chi connectivity index (χ4n) is 5.72. The first kappa shape index (κ1) is 35.2. The van der Waals surface area contributed by atoms with E-state index in [0.29, 0.717) is 29.1 Å². The molecule has 51 heavy (non-hydrogen) atoms. The van der Waals surface area contributed by atoms with Crippen molar-refractivity contribution in [3.8, 4) is 47.3 Å². The number of carbonyl (C=O) groups is 1. The summed E-state index contributed by atoms with van der Waals surface area (Å²) in [6.45, 7) is 6.94. The summed E-state index contributed by atoms with van der Waals surface area (Å²) < 4.78 is 14.7. The number of hydrogen-bond acceptors (Lipinski definition) is 6. The first-order valence-corrected chi connectivity index (χ1v) is 16.2. The van der Waals surface area contributed by atoms with Gasteiger partial charge in [-0.2, -0.15) is 10.5 Å². The summed E-state index contributed by atoms with van der Waals surface area (Å²) in [5, 5.41) is 23.8. The van der Waals surface area contributed by atoms with Crippen LogP contribution in [0.25, 0.3) is 21.8 Å². The van der Waals surface area contributed by atoms with Crippen LogP contribution in [0, 0.1) is 46.3 Å². The first-order valence-electron chi connectivity index (χ1n) is 16.2. The molecule has 2 aromatic heterocycles. The Bertz CT molecular complexity index is 2450. The molecule has 2 heterocycles. The topological polar surface area (TPSA) is 131 Å². The van der Waals surface area contributed by atoms with E-state index in [0.717, 1.165) is 62.4 Å². The average Bonchev–Trinajstić information content (AvgIpc) is 3.63. The third kappa shape index (κ3) is 7.65. The lowest BCUT2D eigenvalue weighted by Gasteiger charge is -2.04. The SMILES string of the molecule is CCn1c(C#Cc2ccc(N)cc2)c(C#N)c2ccc(OC)cc21.CCn1c(C#Cc2ccc(NC(C)=O)cc2)c(C#N)c2ccc(OC)cc21. The predicted molar refractivity (Wildman–Crippen MR) is 201 cm³/mol. The second-order valence-corrected chi connectivity index (χ2v) is 11.3. The number of aryl methyl sites for hydroxylation is 2. The summed E-state index contributed by atoms with van der Waals surface area (Å²) in [6.07, 6.45) is 0. The normalized spacial score (nSPS) is 10.0. The van der Waals surface area contributed by atoms with Crippen molar-refractivity contribution in [2.75, 3.05) is 25.3 Å². The van der Waals surface area contributed by atoms with Gasteiger partial charge in [-0.1, -0.05) is 11.8 Å². The van der Waals surface area contributed by atoms with Crippen LogP contribution in [0.15, 0.2) is 84.9 Å². The summed E-state index contributed by atoms with van der Waals surface area (Å²) in [6, 6.07) is 30.6. The number of nitrogens with one attached hydrogen (secondary N) is 1. The molecule has 6 aromatic rings. The fourth-order valence-corrected chi connectivity index (χ4v) is 5.72. The van der Waals surface area contributed by atoms with Crippen LogP contribution in [0.5, 0.6) is 11.5 Å². The molecular weight excluding hydrogens is 637 g/mol. The molecule has 0 saturated heterocycles. The smallest absolute Gasteiger partial charge is 0.221 e. The Labute approximate surface area is 297 Å². The van der Waals surface area contributed by atoms with Crippen molar-refractivity contribution < 1.29 is 14.3 Å².